The van der Waals surface area contributed by atoms with Crippen LogP contribution in [0.3, 0.4) is 0 Å². The van der Waals surface area contributed by atoms with E-state index in [0.29, 0.717) is 30.8 Å². The Labute approximate surface area is 178 Å². The Bertz CT molecular complexity index is 1180. The van der Waals surface area contributed by atoms with Crippen molar-refractivity contribution >= 4 is 23.3 Å². The predicted molar refractivity (Wildman–Crippen MR) is 109 cm³/mol. The first kappa shape index (κ1) is 10.1. The summed E-state index contributed by atoms with van der Waals surface area (Å²) < 4.78 is 89.6. The molecule has 2 aromatic rings. The van der Waals surface area contributed by atoms with E-state index in [1.165, 1.54) is 11.8 Å². The van der Waals surface area contributed by atoms with Gasteiger partial charge in [0.15, 0.2) is 0 Å². The Morgan fingerprint density at radius 2 is 1.81 bits per heavy atom. The fraction of sp³-hybridized carbons (Fsp3) is 0.381. The first-order valence-electron chi connectivity index (χ1n) is 13.4. The average molecular weight is 394 g/mol. The molecule has 0 bridgehead atoms. The molecule has 6 heteroatoms. The lowest BCUT2D eigenvalue weighted by Gasteiger charge is -2.36. The van der Waals surface area contributed by atoms with Crippen molar-refractivity contribution in [2.45, 2.75) is 9.79 Å². The number of fused-ring (bicyclic) bond motifs is 2. The van der Waals surface area contributed by atoms with Gasteiger partial charge >= 0.3 is 0 Å². The number of benzene rings is 2. The van der Waals surface area contributed by atoms with E-state index in [9.17, 15) is 0 Å². The first-order chi connectivity index (χ1) is 17.1. The fourth-order valence-corrected chi connectivity index (χ4v) is 3.61. The summed E-state index contributed by atoms with van der Waals surface area (Å²) in [5, 5.41) is 9.05. The Morgan fingerprint density at radius 3 is 2.63 bits per heavy atom. The maximum atomic E-state index is 9.05. The highest BCUT2D eigenvalue weighted by atomic mass is 32.2. The average Bonchev–Trinajstić information content (AvgIpc) is 2.97. The third-order valence-electron chi connectivity index (χ3n) is 3.83. The largest absolute Gasteiger partial charge is 0.394 e. The van der Waals surface area contributed by atoms with Gasteiger partial charge in [-0.1, -0.05) is 42.1 Å². The van der Waals surface area contributed by atoms with Crippen molar-refractivity contribution in [2.24, 2.45) is 4.99 Å². The number of amidine groups is 1. The minimum Gasteiger partial charge on any atom is -0.394 e. The molecule has 4 rings (SSSR count). The summed E-state index contributed by atoms with van der Waals surface area (Å²) in [5.74, 6) is -0.261. The zero-order chi connectivity index (χ0) is 27.4. The minimum atomic E-state index is -3.16. The van der Waals surface area contributed by atoms with Gasteiger partial charge in [0.05, 0.1) is 33.7 Å². The molecule has 2 aliphatic rings. The number of hydrogen-bond donors (Lipinski definition) is 1. The molecule has 1 saturated heterocycles. The highest BCUT2D eigenvalue weighted by Crippen LogP contribution is 2.40. The summed E-state index contributed by atoms with van der Waals surface area (Å²) in [5.41, 5.74) is 0.712. The Morgan fingerprint density at radius 1 is 1.07 bits per heavy atom. The van der Waals surface area contributed by atoms with Gasteiger partial charge in [0.2, 0.25) is 0 Å². The standard InChI is InChI=1S/C21H25N3O2S/c25-14-16-26-15-13-23-9-11-24(12-10-23)21-17-5-1-3-7-19(17)27-20-8-4-2-6-18(20)22-21/h1-8,25H,9-16H2/i9D2,10D2,11D2,12D2,16D2. The van der Waals surface area contributed by atoms with Crippen LogP contribution in [0, 0.1) is 0 Å². The van der Waals surface area contributed by atoms with Crippen molar-refractivity contribution in [3.63, 3.8) is 0 Å². The van der Waals surface area contributed by atoms with Gasteiger partial charge in [-0.05, 0) is 18.2 Å². The van der Waals surface area contributed by atoms with E-state index < -0.39 is 52.3 Å². The van der Waals surface area contributed by atoms with Crippen molar-refractivity contribution in [2.75, 3.05) is 52.3 Å². The van der Waals surface area contributed by atoms with E-state index in [-0.39, 0.29) is 5.84 Å². The lowest BCUT2D eigenvalue weighted by Crippen LogP contribution is -2.49. The van der Waals surface area contributed by atoms with E-state index in [1.807, 2.05) is 0 Å². The molecule has 2 aliphatic heterocycles. The molecule has 2 aromatic carbocycles. The summed E-state index contributed by atoms with van der Waals surface area (Å²) in [6, 6.07) is 13.7. The molecule has 0 spiro atoms. The van der Waals surface area contributed by atoms with Gasteiger partial charge in [0.1, 0.15) is 5.84 Å². The number of nitrogens with zero attached hydrogens (tertiary/aromatic N) is 3. The number of aliphatic imine (C=N–C) groups is 1. The maximum absolute atomic E-state index is 9.05. The zero-order valence-corrected chi connectivity index (χ0v) is 15.2. The summed E-state index contributed by atoms with van der Waals surface area (Å²) >= 11 is 1.33. The van der Waals surface area contributed by atoms with Gasteiger partial charge in [-0.3, -0.25) is 4.90 Å². The molecule has 0 radical (unpaired) electrons. The molecule has 0 amide bonds. The fourth-order valence-electron chi connectivity index (χ4n) is 2.59. The van der Waals surface area contributed by atoms with Crippen LogP contribution in [0.2, 0.25) is 0 Å². The lowest BCUT2D eigenvalue weighted by atomic mass is 10.1. The zero-order valence-electron chi connectivity index (χ0n) is 24.3. The molecule has 27 heavy (non-hydrogen) atoms. The molecule has 5 nitrogen and oxygen atoms in total. The van der Waals surface area contributed by atoms with E-state index in [4.69, 9.17) is 23.6 Å². The Hall–Kier alpha value is -1.86. The van der Waals surface area contributed by atoms with E-state index in [2.05, 4.69) is 4.99 Å². The number of aliphatic hydroxyl groups is 1. The van der Waals surface area contributed by atoms with Crippen molar-refractivity contribution < 1.29 is 23.6 Å². The molecule has 2 heterocycles. The molecule has 1 N–H and O–H groups in total. The smallest absolute Gasteiger partial charge is 0.137 e. The number of hydrogen-bond acceptors (Lipinski definition) is 6. The highest BCUT2D eigenvalue weighted by Gasteiger charge is 2.24. The van der Waals surface area contributed by atoms with Crippen LogP contribution in [0.1, 0.15) is 19.3 Å². The van der Waals surface area contributed by atoms with Crippen LogP contribution in [0.5, 0.6) is 0 Å². The van der Waals surface area contributed by atoms with Gasteiger partial charge in [-0.2, -0.15) is 0 Å². The van der Waals surface area contributed by atoms with E-state index in [1.54, 1.807) is 48.5 Å². The normalized spacial score (nSPS) is 30.6. The number of para-hydroxylation sites is 1. The molecule has 0 aliphatic carbocycles. The van der Waals surface area contributed by atoms with Gasteiger partial charge in [-0.25, -0.2) is 4.99 Å². The van der Waals surface area contributed by atoms with Gasteiger partial charge in [-0.15, -0.1) is 0 Å². The molecule has 0 unspecified atom stereocenters. The third-order valence-corrected chi connectivity index (χ3v) is 4.97. The predicted octanol–water partition coefficient (Wildman–Crippen LogP) is 2.86. The third kappa shape index (κ3) is 4.35. The maximum Gasteiger partial charge on any atom is 0.137 e. The first-order valence-corrected chi connectivity index (χ1v) is 9.17. The van der Waals surface area contributed by atoms with Gasteiger partial charge in [0, 0.05) is 53.4 Å². The topological polar surface area (TPSA) is 48.3 Å². The molecule has 0 aromatic heterocycles. The van der Waals surface area contributed by atoms with Gasteiger partial charge < -0.3 is 14.7 Å². The number of aliphatic hydroxyl groups excluding tert-OH is 1. The molecule has 0 atom stereocenters. The van der Waals surface area contributed by atoms with Crippen LogP contribution in [0.25, 0.3) is 0 Å². The van der Waals surface area contributed by atoms with Crippen molar-refractivity contribution in [1.29, 1.82) is 0 Å². The van der Waals surface area contributed by atoms with Crippen LogP contribution in [0.15, 0.2) is 63.3 Å². The molecule has 0 saturated carbocycles. The highest BCUT2D eigenvalue weighted by molar-refractivity contribution is 7.99. The van der Waals surface area contributed by atoms with Crippen LogP contribution in [-0.4, -0.2) is 73.0 Å². The monoisotopic (exact) mass is 393 g/mol. The van der Waals surface area contributed by atoms with Crippen LogP contribution >= 0.6 is 11.8 Å². The summed E-state index contributed by atoms with van der Waals surface area (Å²) in [6.07, 6.45) is 0. The number of piperazine rings is 1. The molecule has 1 fully saturated rings. The molecule has 142 valence electrons. The van der Waals surface area contributed by atoms with Crippen LogP contribution < -0.4 is 0 Å². The van der Waals surface area contributed by atoms with Crippen LogP contribution in [0.4, 0.5) is 5.69 Å². The van der Waals surface area contributed by atoms with Crippen LogP contribution in [-0.2, 0) is 4.74 Å². The van der Waals surface area contributed by atoms with Crippen molar-refractivity contribution in [3.05, 3.63) is 54.1 Å². The molecular formula is C21H25N3O2S. The summed E-state index contributed by atoms with van der Waals surface area (Å²) in [4.78, 5) is 6.66. The Balaban J connectivity index is 1.86. The van der Waals surface area contributed by atoms with Crippen molar-refractivity contribution in [1.82, 2.24) is 9.80 Å². The van der Waals surface area contributed by atoms with E-state index >= 15 is 0 Å². The van der Waals surface area contributed by atoms with Gasteiger partial charge in [0.25, 0.3) is 0 Å². The second kappa shape index (κ2) is 8.89. The number of ether oxygens (including phenoxy) is 1. The second-order valence-electron chi connectivity index (χ2n) is 5.59. The second-order valence-corrected chi connectivity index (χ2v) is 6.67. The van der Waals surface area contributed by atoms with Crippen molar-refractivity contribution in [3.8, 4) is 0 Å². The lowest BCUT2D eigenvalue weighted by molar-refractivity contribution is 0.0652. The summed E-state index contributed by atoms with van der Waals surface area (Å²) in [6.45, 7) is -17.4. The minimum absolute atomic E-state index is 0.261. The quantitative estimate of drug-likeness (QED) is 0.846. The van der Waals surface area contributed by atoms with E-state index in [0.717, 1.165) is 0 Å². The number of rotatable bonds is 5. The summed E-state index contributed by atoms with van der Waals surface area (Å²) in [7, 11) is 0. The SMILES string of the molecule is [2H]C([2H])(CO)OCCN1C([2H])([2H])C([2H])([2H])N(C2=Nc3ccccc3Sc3ccccc32)C([2H])([2H])C1([2H])[2H]. The Kier molecular flexibility index (Phi) is 3.31. The molecular weight excluding hydrogens is 358 g/mol.